The lowest BCUT2D eigenvalue weighted by atomic mass is 9.88. The van der Waals surface area contributed by atoms with Gasteiger partial charge in [0.15, 0.2) is 0 Å². The molecule has 7 rings (SSSR count). The largest absolute Gasteiger partial charge is 0.496 e. The summed E-state index contributed by atoms with van der Waals surface area (Å²) in [7, 11) is -0.826. The van der Waals surface area contributed by atoms with Gasteiger partial charge >= 0.3 is 6.09 Å². The fourth-order valence-electron chi connectivity index (χ4n) is 7.95. The Labute approximate surface area is 333 Å². The Morgan fingerprint density at radius 3 is 2.58 bits per heavy atom. The van der Waals surface area contributed by atoms with E-state index in [0.717, 1.165) is 18.4 Å². The number of pyridine rings is 1. The SMILES string of the molecule is COc1cc2c3cc(c(OC)cc3n1)/C=C/CCC(C)(C)COC(=O)N[C@H]1CCCCC/C=C\[C@H]3C[C@@]3(C(=O)NS(=O)(=O)C3CC3)NC(=O)[C@@H]3C[C@H](CN3C1=O)O2. The number of fused-ring (bicyclic) bond motifs is 4. The minimum atomic E-state index is -3.90. The van der Waals surface area contributed by atoms with Crippen LogP contribution in [0.25, 0.3) is 17.0 Å². The topological polar surface area (TPSA) is 192 Å². The average molecular weight is 808 g/mol. The molecule has 3 aliphatic heterocycles. The average Bonchev–Trinajstić information content (AvgIpc) is 4.10. The van der Waals surface area contributed by atoms with Gasteiger partial charge in [0, 0.05) is 35.4 Å². The first-order valence-electron chi connectivity index (χ1n) is 19.9. The fourth-order valence-corrected chi connectivity index (χ4v) is 9.32. The first-order chi connectivity index (χ1) is 27.2. The number of sulfonamides is 1. The smallest absolute Gasteiger partial charge is 0.407 e. The highest BCUT2D eigenvalue weighted by Crippen LogP contribution is 2.46. The van der Waals surface area contributed by atoms with Gasteiger partial charge in [-0.05, 0) is 62.8 Å². The van der Waals surface area contributed by atoms with Crippen LogP contribution in [0, 0.1) is 11.3 Å². The van der Waals surface area contributed by atoms with Gasteiger partial charge in [0.25, 0.3) is 5.91 Å². The number of carbonyl (C=O) groups excluding carboxylic acids is 4. The van der Waals surface area contributed by atoms with Crippen molar-refractivity contribution < 1.29 is 46.5 Å². The summed E-state index contributed by atoms with van der Waals surface area (Å²) in [5.74, 6) is -1.05. The molecule has 1 saturated heterocycles. The lowest BCUT2D eigenvalue weighted by Gasteiger charge is -2.30. The van der Waals surface area contributed by atoms with Gasteiger partial charge in [0.1, 0.15) is 35.2 Å². The highest BCUT2D eigenvalue weighted by Gasteiger charge is 2.62. The third-order valence-corrected chi connectivity index (χ3v) is 13.4. The summed E-state index contributed by atoms with van der Waals surface area (Å²) in [6, 6.07) is 3.24. The molecule has 57 heavy (non-hydrogen) atoms. The number of hydrogen-bond donors (Lipinski definition) is 3. The Morgan fingerprint density at radius 1 is 1.02 bits per heavy atom. The normalized spacial score (nSPS) is 29.4. The van der Waals surface area contributed by atoms with E-state index in [1.54, 1.807) is 19.2 Å². The highest BCUT2D eigenvalue weighted by atomic mass is 32.2. The molecule has 2 saturated carbocycles. The van der Waals surface area contributed by atoms with E-state index in [1.807, 2.05) is 44.2 Å². The predicted molar refractivity (Wildman–Crippen MR) is 211 cm³/mol. The molecule has 5 atom stereocenters. The van der Waals surface area contributed by atoms with E-state index in [1.165, 1.54) is 12.0 Å². The lowest BCUT2D eigenvalue weighted by Crippen LogP contribution is -2.58. The Kier molecular flexibility index (Phi) is 11.5. The summed E-state index contributed by atoms with van der Waals surface area (Å²) < 4.78 is 51.6. The standard InChI is InChI=1S/C41H53N5O10S/c1-40(2)17-11-10-12-25-18-29-31(20-33(25)53-3)42-35(54-4)21-34(29)56-27-19-32-36(47)44-41(38(49)45-57(51,52)28-15-16-28)22-26(41)13-8-6-5-7-9-14-30(37(48)46(32)23-27)43-39(50)55-24-40/h8,10,12-13,18,20-21,26-28,30,32H,5-7,9,11,14-17,19,22-24H2,1-4H3,(H,43,50)(H,44,47)(H,45,49)/b12-10+,13-8-/t26-,27+,30-,32-,41+/m0/s1. The maximum absolute atomic E-state index is 14.7. The number of methoxy groups -OCH3 is 2. The molecule has 0 radical (unpaired) electrons. The molecule has 5 aliphatic rings. The minimum Gasteiger partial charge on any atom is -0.496 e. The maximum atomic E-state index is 14.7. The number of carbonyl (C=O) groups is 4. The number of aromatic nitrogens is 1. The van der Waals surface area contributed by atoms with Crippen molar-refractivity contribution in [2.24, 2.45) is 11.3 Å². The molecule has 16 heteroatoms. The van der Waals surface area contributed by atoms with Crippen molar-refractivity contribution in [3.05, 3.63) is 42.0 Å². The van der Waals surface area contributed by atoms with Crippen LogP contribution in [0.3, 0.4) is 0 Å². The predicted octanol–water partition coefficient (Wildman–Crippen LogP) is 4.53. The lowest BCUT2D eigenvalue weighted by molar-refractivity contribution is -0.141. The fraction of sp³-hybridized carbons (Fsp3) is 0.585. The van der Waals surface area contributed by atoms with Crippen LogP contribution in [0.15, 0.2) is 36.4 Å². The number of cyclic esters (lactones) is 1. The Balaban J connectivity index is 1.27. The number of alkyl carbamates (subject to hydrolysis) is 1. The molecular formula is C41H53N5O10S. The zero-order valence-electron chi connectivity index (χ0n) is 33.0. The van der Waals surface area contributed by atoms with Crippen LogP contribution < -0.4 is 29.6 Å². The van der Waals surface area contributed by atoms with E-state index in [4.69, 9.17) is 18.9 Å². The van der Waals surface area contributed by atoms with E-state index in [9.17, 15) is 27.6 Å². The first kappa shape index (κ1) is 40.3. The van der Waals surface area contributed by atoms with Gasteiger partial charge in [0.05, 0.1) is 38.1 Å². The number of nitrogens with zero attached hydrogens (tertiary/aromatic N) is 2. The summed E-state index contributed by atoms with van der Waals surface area (Å²) in [6.07, 6.45) is 12.1. The second-order valence-electron chi connectivity index (χ2n) is 16.6. The molecule has 2 aliphatic carbocycles. The van der Waals surface area contributed by atoms with Crippen molar-refractivity contribution in [1.82, 2.24) is 25.2 Å². The number of rotatable bonds is 5. The summed E-state index contributed by atoms with van der Waals surface area (Å²) in [6.45, 7) is 4.10. The quantitative estimate of drug-likeness (QED) is 0.360. The summed E-state index contributed by atoms with van der Waals surface area (Å²) in [4.78, 5) is 62.3. The number of hydrogen-bond acceptors (Lipinski definition) is 11. The molecule has 4 heterocycles. The zero-order valence-corrected chi connectivity index (χ0v) is 33.8. The van der Waals surface area contributed by atoms with Gasteiger partial charge in [-0.1, -0.05) is 51.0 Å². The van der Waals surface area contributed by atoms with Gasteiger partial charge in [-0.2, -0.15) is 0 Å². The number of benzene rings is 1. The van der Waals surface area contributed by atoms with Crippen molar-refractivity contribution in [1.29, 1.82) is 0 Å². The molecule has 308 valence electrons. The molecule has 15 nitrogen and oxygen atoms in total. The Morgan fingerprint density at radius 2 is 1.82 bits per heavy atom. The third kappa shape index (κ3) is 9.00. The van der Waals surface area contributed by atoms with Crippen molar-refractivity contribution in [3.8, 4) is 17.4 Å². The van der Waals surface area contributed by atoms with Crippen LogP contribution in [-0.4, -0.2) is 98.5 Å². The molecule has 3 fully saturated rings. The van der Waals surface area contributed by atoms with Crippen LogP contribution in [0.5, 0.6) is 17.4 Å². The van der Waals surface area contributed by atoms with E-state index >= 15 is 0 Å². The summed E-state index contributed by atoms with van der Waals surface area (Å²) in [5, 5.41) is 5.73. The van der Waals surface area contributed by atoms with E-state index in [0.29, 0.717) is 67.3 Å². The monoisotopic (exact) mass is 807 g/mol. The van der Waals surface area contributed by atoms with Crippen molar-refractivity contribution in [2.45, 2.75) is 113 Å². The van der Waals surface area contributed by atoms with Gasteiger partial charge in [-0.15, -0.1) is 0 Å². The van der Waals surface area contributed by atoms with Crippen molar-refractivity contribution >= 4 is 50.8 Å². The molecule has 3 N–H and O–H groups in total. The molecule has 1 aromatic heterocycles. The second kappa shape index (κ2) is 16.2. The molecule has 4 amide bonds. The Bertz CT molecular complexity index is 2080. The number of amides is 4. The van der Waals surface area contributed by atoms with Crippen LogP contribution in [0.2, 0.25) is 0 Å². The van der Waals surface area contributed by atoms with E-state index < -0.39 is 68.7 Å². The van der Waals surface area contributed by atoms with Gasteiger partial charge in [-0.3, -0.25) is 19.1 Å². The molecule has 1 aromatic carbocycles. The van der Waals surface area contributed by atoms with E-state index in [2.05, 4.69) is 20.3 Å². The van der Waals surface area contributed by atoms with Crippen molar-refractivity contribution in [3.63, 3.8) is 0 Å². The molecule has 2 aromatic rings. The first-order valence-corrected chi connectivity index (χ1v) is 21.4. The Hall–Kier alpha value is -4.86. The number of nitrogens with one attached hydrogen (secondary N) is 3. The van der Waals surface area contributed by atoms with Gasteiger partial charge in [0.2, 0.25) is 27.7 Å². The minimum absolute atomic E-state index is 0.0230. The molecule has 0 unspecified atom stereocenters. The third-order valence-electron chi connectivity index (χ3n) is 11.6. The number of allylic oxidation sites excluding steroid dienone is 2. The van der Waals surface area contributed by atoms with Gasteiger partial charge in [-0.25, -0.2) is 18.2 Å². The molecular weight excluding hydrogens is 755 g/mol. The van der Waals surface area contributed by atoms with Gasteiger partial charge < -0.3 is 34.5 Å². The van der Waals surface area contributed by atoms with Crippen LogP contribution in [-0.2, 0) is 29.1 Å². The zero-order chi connectivity index (χ0) is 40.5. The highest BCUT2D eigenvalue weighted by molar-refractivity contribution is 7.91. The summed E-state index contributed by atoms with van der Waals surface area (Å²) in [5.41, 5.74) is -0.565. The van der Waals surface area contributed by atoms with Crippen LogP contribution in [0.4, 0.5) is 4.79 Å². The van der Waals surface area contributed by atoms with Crippen LogP contribution >= 0.6 is 0 Å². The van der Waals surface area contributed by atoms with Crippen LogP contribution in [0.1, 0.15) is 90.0 Å². The second-order valence-corrected chi connectivity index (χ2v) is 18.6. The van der Waals surface area contributed by atoms with E-state index in [-0.39, 0.29) is 37.3 Å². The maximum Gasteiger partial charge on any atom is 0.407 e. The summed E-state index contributed by atoms with van der Waals surface area (Å²) >= 11 is 0. The molecule has 0 spiro atoms. The molecule has 5 bridgehead atoms. The van der Waals surface area contributed by atoms with Crippen molar-refractivity contribution in [2.75, 3.05) is 27.4 Å². The number of ether oxygens (including phenoxy) is 4.